The number of benzene rings is 2. The Morgan fingerprint density at radius 2 is 1.60 bits per heavy atom. The van der Waals surface area contributed by atoms with E-state index in [4.69, 9.17) is 9.47 Å². The Morgan fingerprint density at radius 1 is 0.900 bits per heavy atom. The second kappa shape index (κ2) is 8.06. The molecular weight excluding hydrogens is 380 g/mol. The standard InChI is InChI=1S/C23H20N4O3/c28-20-12-11-17-13-24-23(25-18-9-5-2-6-10-18)26-21(17)27(20)19-14-29-22(30-15-19)16-7-3-1-4-8-16/h1-13,19,22H,14-15H2,(H,24,25,26). The Labute approximate surface area is 172 Å². The molecule has 5 rings (SSSR count). The smallest absolute Gasteiger partial charge is 0.252 e. The van der Waals surface area contributed by atoms with E-state index in [1.807, 2.05) is 60.7 Å². The van der Waals surface area contributed by atoms with Crippen LogP contribution < -0.4 is 10.9 Å². The number of rotatable bonds is 4. The summed E-state index contributed by atoms with van der Waals surface area (Å²) in [7, 11) is 0. The third kappa shape index (κ3) is 3.68. The summed E-state index contributed by atoms with van der Waals surface area (Å²) in [6.07, 6.45) is 1.28. The Morgan fingerprint density at radius 3 is 2.33 bits per heavy atom. The molecule has 2 aromatic carbocycles. The first-order valence-electron chi connectivity index (χ1n) is 9.76. The molecule has 1 saturated heterocycles. The fraction of sp³-hybridized carbons (Fsp3) is 0.174. The van der Waals surface area contributed by atoms with Gasteiger partial charge in [0.05, 0.1) is 19.3 Å². The molecule has 0 spiro atoms. The molecule has 0 radical (unpaired) electrons. The molecule has 0 bridgehead atoms. The molecule has 0 aliphatic carbocycles. The summed E-state index contributed by atoms with van der Waals surface area (Å²) in [6.45, 7) is 0.702. The highest BCUT2D eigenvalue weighted by Gasteiger charge is 2.26. The van der Waals surface area contributed by atoms with Gasteiger partial charge in [-0.3, -0.25) is 9.36 Å². The van der Waals surface area contributed by atoms with Gasteiger partial charge in [-0.05, 0) is 18.2 Å². The third-order valence-electron chi connectivity index (χ3n) is 5.01. The number of ether oxygens (including phenoxy) is 2. The molecule has 7 heteroatoms. The van der Waals surface area contributed by atoms with Crippen LogP contribution in [-0.4, -0.2) is 27.7 Å². The first-order valence-corrected chi connectivity index (χ1v) is 9.76. The maximum atomic E-state index is 12.7. The van der Waals surface area contributed by atoms with Crippen LogP contribution in [0.25, 0.3) is 11.0 Å². The van der Waals surface area contributed by atoms with Crippen molar-refractivity contribution < 1.29 is 9.47 Å². The number of anilines is 2. The fourth-order valence-corrected chi connectivity index (χ4v) is 3.55. The number of aromatic nitrogens is 3. The van der Waals surface area contributed by atoms with Crippen molar-refractivity contribution in [2.24, 2.45) is 0 Å². The van der Waals surface area contributed by atoms with E-state index in [9.17, 15) is 4.79 Å². The molecule has 1 aliphatic heterocycles. The number of fused-ring (bicyclic) bond motifs is 1. The molecule has 1 aliphatic rings. The van der Waals surface area contributed by atoms with Gasteiger partial charge in [-0.25, -0.2) is 4.98 Å². The second-order valence-electron chi connectivity index (χ2n) is 7.07. The lowest BCUT2D eigenvalue weighted by atomic mass is 10.2. The lowest BCUT2D eigenvalue weighted by Crippen LogP contribution is -2.35. The van der Waals surface area contributed by atoms with Crippen LogP contribution in [0.1, 0.15) is 17.9 Å². The number of pyridine rings is 1. The predicted octanol–water partition coefficient (Wildman–Crippen LogP) is 3.82. The average molecular weight is 400 g/mol. The van der Waals surface area contributed by atoms with Gasteiger partial charge in [-0.15, -0.1) is 0 Å². The molecule has 7 nitrogen and oxygen atoms in total. The number of nitrogens with one attached hydrogen (secondary N) is 1. The zero-order valence-electron chi connectivity index (χ0n) is 16.1. The van der Waals surface area contributed by atoms with Crippen molar-refractivity contribution in [2.45, 2.75) is 12.3 Å². The van der Waals surface area contributed by atoms with Gasteiger partial charge in [0.1, 0.15) is 5.65 Å². The highest BCUT2D eigenvalue weighted by Crippen LogP contribution is 2.28. The number of hydrogen-bond donors (Lipinski definition) is 1. The van der Waals surface area contributed by atoms with Crippen LogP contribution in [-0.2, 0) is 9.47 Å². The van der Waals surface area contributed by atoms with Gasteiger partial charge in [0, 0.05) is 28.9 Å². The van der Waals surface area contributed by atoms with E-state index in [1.165, 1.54) is 6.07 Å². The van der Waals surface area contributed by atoms with Crippen molar-refractivity contribution >= 4 is 22.7 Å². The lowest BCUT2D eigenvalue weighted by molar-refractivity contribution is -0.201. The highest BCUT2D eigenvalue weighted by atomic mass is 16.7. The van der Waals surface area contributed by atoms with E-state index < -0.39 is 6.29 Å². The summed E-state index contributed by atoms with van der Waals surface area (Å²) >= 11 is 0. The van der Waals surface area contributed by atoms with Gasteiger partial charge in [0.2, 0.25) is 5.95 Å². The minimum absolute atomic E-state index is 0.151. The SMILES string of the molecule is O=c1ccc2cnc(Nc3ccccc3)nc2n1C1COC(c2ccccc2)OC1. The summed E-state index contributed by atoms with van der Waals surface area (Å²) in [5.41, 5.74) is 2.23. The van der Waals surface area contributed by atoms with Crippen LogP contribution in [0.15, 0.2) is 83.8 Å². The minimum Gasteiger partial charge on any atom is -0.346 e. The largest absolute Gasteiger partial charge is 0.346 e. The number of hydrogen-bond acceptors (Lipinski definition) is 6. The van der Waals surface area contributed by atoms with E-state index in [0.717, 1.165) is 16.6 Å². The van der Waals surface area contributed by atoms with Crippen LogP contribution in [0.4, 0.5) is 11.6 Å². The minimum atomic E-state index is -0.432. The van der Waals surface area contributed by atoms with Gasteiger partial charge in [0.25, 0.3) is 5.56 Å². The number of nitrogens with zero attached hydrogens (tertiary/aromatic N) is 3. The maximum Gasteiger partial charge on any atom is 0.252 e. The van der Waals surface area contributed by atoms with Gasteiger partial charge in [-0.2, -0.15) is 4.98 Å². The quantitative estimate of drug-likeness (QED) is 0.561. The number of para-hydroxylation sites is 1. The molecular formula is C23H20N4O3. The van der Waals surface area contributed by atoms with E-state index in [2.05, 4.69) is 15.3 Å². The molecule has 30 heavy (non-hydrogen) atoms. The van der Waals surface area contributed by atoms with Crippen molar-refractivity contribution in [1.82, 2.24) is 14.5 Å². The third-order valence-corrected chi connectivity index (χ3v) is 5.01. The molecule has 2 aromatic heterocycles. The fourth-order valence-electron chi connectivity index (χ4n) is 3.55. The van der Waals surface area contributed by atoms with E-state index in [-0.39, 0.29) is 11.6 Å². The molecule has 0 atom stereocenters. The topological polar surface area (TPSA) is 78.3 Å². The van der Waals surface area contributed by atoms with Crippen LogP contribution in [0.3, 0.4) is 0 Å². The average Bonchev–Trinajstić information content (AvgIpc) is 2.80. The first-order chi connectivity index (χ1) is 14.8. The molecule has 1 N–H and O–H groups in total. The maximum absolute atomic E-state index is 12.7. The normalized spacial score (nSPS) is 18.9. The van der Waals surface area contributed by atoms with E-state index >= 15 is 0 Å². The van der Waals surface area contributed by atoms with Crippen molar-refractivity contribution in [3.05, 3.63) is 94.9 Å². The molecule has 4 aromatic rings. The van der Waals surface area contributed by atoms with Crippen molar-refractivity contribution in [2.75, 3.05) is 18.5 Å². The lowest BCUT2D eigenvalue weighted by Gasteiger charge is -2.31. The van der Waals surface area contributed by atoms with Gasteiger partial charge >= 0.3 is 0 Å². The van der Waals surface area contributed by atoms with Gasteiger partial charge in [-0.1, -0.05) is 48.5 Å². The zero-order chi connectivity index (χ0) is 20.3. The van der Waals surface area contributed by atoms with Crippen LogP contribution >= 0.6 is 0 Å². The summed E-state index contributed by atoms with van der Waals surface area (Å²) in [5.74, 6) is 0.424. The molecule has 0 unspecified atom stereocenters. The van der Waals surface area contributed by atoms with Crippen molar-refractivity contribution in [3.63, 3.8) is 0 Å². The monoisotopic (exact) mass is 400 g/mol. The zero-order valence-corrected chi connectivity index (χ0v) is 16.1. The predicted molar refractivity (Wildman–Crippen MR) is 114 cm³/mol. The summed E-state index contributed by atoms with van der Waals surface area (Å²) in [4.78, 5) is 21.7. The second-order valence-corrected chi connectivity index (χ2v) is 7.07. The summed E-state index contributed by atoms with van der Waals surface area (Å²) in [5, 5.41) is 3.95. The van der Waals surface area contributed by atoms with Crippen LogP contribution in [0, 0.1) is 0 Å². The van der Waals surface area contributed by atoms with Crippen LogP contribution in [0.5, 0.6) is 0 Å². The Hall–Kier alpha value is -3.55. The van der Waals surface area contributed by atoms with Crippen LogP contribution in [0.2, 0.25) is 0 Å². The highest BCUT2D eigenvalue weighted by molar-refractivity contribution is 5.75. The van der Waals surface area contributed by atoms with Crippen molar-refractivity contribution in [3.8, 4) is 0 Å². The Bertz CT molecular complexity index is 1200. The van der Waals surface area contributed by atoms with Gasteiger partial charge in [0.15, 0.2) is 6.29 Å². The molecule has 150 valence electrons. The van der Waals surface area contributed by atoms with E-state index in [1.54, 1.807) is 16.8 Å². The molecule has 3 heterocycles. The summed E-state index contributed by atoms with van der Waals surface area (Å²) < 4.78 is 13.5. The van der Waals surface area contributed by atoms with Crippen molar-refractivity contribution in [1.29, 1.82) is 0 Å². The van der Waals surface area contributed by atoms with Gasteiger partial charge < -0.3 is 14.8 Å². The summed E-state index contributed by atoms with van der Waals surface area (Å²) in [6, 6.07) is 22.4. The molecule has 0 saturated carbocycles. The Balaban J connectivity index is 1.44. The first kappa shape index (κ1) is 18.5. The Kier molecular flexibility index (Phi) is 4.96. The molecule has 0 amide bonds. The van der Waals surface area contributed by atoms with E-state index in [0.29, 0.717) is 24.8 Å². The molecule has 1 fully saturated rings.